The monoisotopic (exact) mass is 255 g/mol. The van der Waals surface area contributed by atoms with E-state index >= 15 is 0 Å². The molecule has 0 radical (unpaired) electrons. The van der Waals surface area contributed by atoms with E-state index in [0.29, 0.717) is 13.2 Å². The fourth-order valence-electron chi connectivity index (χ4n) is 1.14. The van der Waals surface area contributed by atoms with Gasteiger partial charge >= 0.3 is 0 Å². The van der Waals surface area contributed by atoms with Crippen LogP contribution in [-0.4, -0.2) is 13.2 Å². The Morgan fingerprint density at radius 1 is 1.50 bits per heavy atom. The summed E-state index contributed by atoms with van der Waals surface area (Å²) in [4.78, 5) is 0. The van der Waals surface area contributed by atoms with Gasteiger partial charge in [-0.1, -0.05) is 28.6 Å². The van der Waals surface area contributed by atoms with E-state index in [-0.39, 0.29) is 0 Å². The third kappa shape index (κ3) is 3.16. The summed E-state index contributed by atoms with van der Waals surface area (Å²) in [6.45, 7) is 4.77. The van der Waals surface area contributed by atoms with E-state index in [9.17, 15) is 0 Å². The maximum atomic E-state index is 5.50. The molecule has 0 aliphatic carbocycles. The standard InChI is InChI=1S/C11H14BrNO/c1-2-7-14-10-3-4-11(12)9(8-10)5-6-13/h2-4,8H,1,5-7,13H2. The number of ether oxygens (including phenoxy) is 1. The van der Waals surface area contributed by atoms with Gasteiger partial charge in [0.1, 0.15) is 12.4 Å². The van der Waals surface area contributed by atoms with Crippen molar-refractivity contribution in [2.45, 2.75) is 6.42 Å². The first kappa shape index (κ1) is 11.3. The molecule has 2 N–H and O–H groups in total. The third-order valence-corrected chi connectivity index (χ3v) is 2.57. The van der Waals surface area contributed by atoms with Gasteiger partial charge in [-0.15, -0.1) is 0 Å². The molecule has 0 bridgehead atoms. The van der Waals surface area contributed by atoms with Crippen LogP contribution in [0.1, 0.15) is 5.56 Å². The molecular weight excluding hydrogens is 242 g/mol. The molecule has 76 valence electrons. The third-order valence-electron chi connectivity index (χ3n) is 1.80. The summed E-state index contributed by atoms with van der Waals surface area (Å²) in [6.07, 6.45) is 2.58. The first-order valence-electron chi connectivity index (χ1n) is 4.50. The van der Waals surface area contributed by atoms with Crippen molar-refractivity contribution in [3.05, 3.63) is 40.9 Å². The van der Waals surface area contributed by atoms with Gasteiger partial charge in [-0.05, 0) is 36.7 Å². The van der Waals surface area contributed by atoms with Gasteiger partial charge in [-0.3, -0.25) is 0 Å². The lowest BCUT2D eigenvalue weighted by atomic mass is 10.1. The minimum atomic E-state index is 0.531. The van der Waals surface area contributed by atoms with Crippen molar-refractivity contribution in [3.8, 4) is 5.75 Å². The molecule has 1 aromatic rings. The van der Waals surface area contributed by atoms with Crippen molar-refractivity contribution in [1.82, 2.24) is 0 Å². The number of rotatable bonds is 5. The normalized spacial score (nSPS) is 9.86. The van der Waals surface area contributed by atoms with Crippen molar-refractivity contribution >= 4 is 15.9 Å². The molecule has 0 saturated carbocycles. The summed E-state index contributed by atoms with van der Waals surface area (Å²) < 4.78 is 6.50. The van der Waals surface area contributed by atoms with E-state index in [1.165, 1.54) is 5.56 Å². The second-order valence-electron chi connectivity index (χ2n) is 2.89. The van der Waals surface area contributed by atoms with Crippen LogP contribution in [0.3, 0.4) is 0 Å². The van der Waals surface area contributed by atoms with Crippen LogP contribution in [0.2, 0.25) is 0 Å². The molecular formula is C11H14BrNO. The number of hydrogen-bond acceptors (Lipinski definition) is 2. The Hall–Kier alpha value is -0.800. The number of hydrogen-bond donors (Lipinski definition) is 1. The highest BCUT2D eigenvalue weighted by Crippen LogP contribution is 2.22. The molecule has 1 aromatic carbocycles. The topological polar surface area (TPSA) is 35.2 Å². The van der Waals surface area contributed by atoms with E-state index in [1.54, 1.807) is 6.08 Å². The van der Waals surface area contributed by atoms with Gasteiger partial charge in [0.2, 0.25) is 0 Å². The highest BCUT2D eigenvalue weighted by molar-refractivity contribution is 9.10. The molecule has 0 unspecified atom stereocenters. The summed E-state index contributed by atoms with van der Waals surface area (Å²) >= 11 is 3.47. The van der Waals surface area contributed by atoms with Crippen LogP contribution in [0.25, 0.3) is 0 Å². The molecule has 0 amide bonds. The quantitative estimate of drug-likeness (QED) is 0.821. The lowest BCUT2D eigenvalue weighted by Gasteiger charge is -2.07. The molecule has 0 aliphatic heterocycles. The molecule has 1 rings (SSSR count). The fourth-order valence-corrected chi connectivity index (χ4v) is 1.59. The number of benzene rings is 1. The smallest absolute Gasteiger partial charge is 0.120 e. The second kappa shape index (κ2) is 5.83. The van der Waals surface area contributed by atoms with Gasteiger partial charge in [-0.2, -0.15) is 0 Å². The van der Waals surface area contributed by atoms with Crippen molar-refractivity contribution in [2.24, 2.45) is 5.73 Å². The average Bonchev–Trinajstić information content (AvgIpc) is 2.19. The Morgan fingerprint density at radius 3 is 2.93 bits per heavy atom. The zero-order valence-electron chi connectivity index (χ0n) is 8.00. The van der Waals surface area contributed by atoms with Crippen LogP contribution in [0, 0.1) is 0 Å². The molecule has 2 nitrogen and oxygen atoms in total. The number of nitrogens with two attached hydrogens (primary N) is 1. The molecule has 0 saturated heterocycles. The molecule has 14 heavy (non-hydrogen) atoms. The first-order valence-corrected chi connectivity index (χ1v) is 5.29. The van der Waals surface area contributed by atoms with Gasteiger partial charge in [0.15, 0.2) is 0 Å². The Balaban J connectivity index is 2.77. The Labute approximate surface area is 92.9 Å². The summed E-state index contributed by atoms with van der Waals surface area (Å²) in [5.74, 6) is 0.858. The zero-order chi connectivity index (χ0) is 10.4. The van der Waals surface area contributed by atoms with Crippen LogP contribution in [0.15, 0.2) is 35.3 Å². The minimum Gasteiger partial charge on any atom is -0.490 e. The molecule has 0 atom stereocenters. The molecule has 0 aliphatic rings. The van der Waals surface area contributed by atoms with Gasteiger partial charge in [0, 0.05) is 4.47 Å². The summed E-state index contributed by atoms with van der Waals surface area (Å²) in [7, 11) is 0. The van der Waals surface area contributed by atoms with Crippen LogP contribution >= 0.6 is 15.9 Å². The zero-order valence-corrected chi connectivity index (χ0v) is 9.59. The predicted molar refractivity (Wildman–Crippen MR) is 62.6 cm³/mol. The van der Waals surface area contributed by atoms with Crippen molar-refractivity contribution in [3.63, 3.8) is 0 Å². The SMILES string of the molecule is C=CCOc1ccc(Br)c(CCN)c1. The van der Waals surface area contributed by atoms with Crippen molar-refractivity contribution in [1.29, 1.82) is 0 Å². The van der Waals surface area contributed by atoms with Crippen LogP contribution in [0.5, 0.6) is 5.75 Å². The Kier molecular flexibility index (Phi) is 4.70. The fraction of sp³-hybridized carbons (Fsp3) is 0.273. The molecule has 0 spiro atoms. The maximum Gasteiger partial charge on any atom is 0.120 e. The predicted octanol–water partition coefficient (Wildman–Crippen LogP) is 2.52. The maximum absolute atomic E-state index is 5.50. The van der Waals surface area contributed by atoms with Gasteiger partial charge < -0.3 is 10.5 Å². The molecule has 0 heterocycles. The second-order valence-corrected chi connectivity index (χ2v) is 3.75. The molecule has 0 fully saturated rings. The van der Waals surface area contributed by atoms with Gasteiger partial charge in [-0.25, -0.2) is 0 Å². The first-order chi connectivity index (χ1) is 6.77. The highest BCUT2D eigenvalue weighted by Gasteiger charge is 2.01. The van der Waals surface area contributed by atoms with Crippen LogP contribution in [-0.2, 0) is 6.42 Å². The van der Waals surface area contributed by atoms with Crippen LogP contribution in [0.4, 0.5) is 0 Å². The summed E-state index contributed by atoms with van der Waals surface area (Å²) in [5, 5.41) is 0. The van der Waals surface area contributed by atoms with E-state index < -0.39 is 0 Å². The van der Waals surface area contributed by atoms with Gasteiger partial charge in [0.05, 0.1) is 0 Å². The van der Waals surface area contributed by atoms with E-state index in [2.05, 4.69) is 22.5 Å². The van der Waals surface area contributed by atoms with Crippen molar-refractivity contribution in [2.75, 3.05) is 13.2 Å². The molecule has 3 heteroatoms. The Bertz CT molecular complexity index is 312. The summed E-state index contributed by atoms with van der Waals surface area (Å²) in [6, 6.07) is 5.90. The van der Waals surface area contributed by atoms with E-state index in [1.807, 2.05) is 18.2 Å². The highest BCUT2D eigenvalue weighted by atomic mass is 79.9. The molecule has 0 aromatic heterocycles. The Morgan fingerprint density at radius 2 is 2.29 bits per heavy atom. The lowest BCUT2D eigenvalue weighted by molar-refractivity contribution is 0.363. The van der Waals surface area contributed by atoms with Crippen molar-refractivity contribution < 1.29 is 4.74 Å². The van der Waals surface area contributed by atoms with Crippen LogP contribution < -0.4 is 10.5 Å². The average molecular weight is 256 g/mol. The van der Waals surface area contributed by atoms with E-state index in [0.717, 1.165) is 16.6 Å². The van der Waals surface area contributed by atoms with Gasteiger partial charge in [0.25, 0.3) is 0 Å². The minimum absolute atomic E-state index is 0.531. The summed E-state index contributed by atoms with van der Waals surface area (Å²) in [5.41, 5.74) is 6.68. The number of halogens is 1. The lowest BCUT2D eigenvalue weighted by Crippen LogP contribution is -2.03. The van der Waals surface area contributed by atoms with E-state index in [4.69, 9.17) is 10.5 Å². The largest absolute Gasteiger partial charge is 0.490 e.